The molecule has 1 rings (SSSR count). The maximum atomic E-state index is 13.1. The Hall–Kier alpha value is -0.940. The highest BCUT2D eigenvalue weighted by molar-refractivity contribution is 9.10. The molecule has 0 heterocycles. The lowest BCUT2D eigenvalue weighted by molar-refractivity contribution is -0.115. The van der Waals surface area contributed by atoms with Crippen LogP contribution in [0.1, 0.15) is 13.3 Å². The zero-order valence-corrected chi connectivity index (χ0v) is 10.6. The Balaban J connectivity index is 2.46. The number of benzene rings is 1. The van der Waals surface area contributed by atoms with Crippen molar-refractivity contribution >= 4 is 27.5 Å². The van der Waals surface area contributed by atoms with Crippen LogP contribution in [-0.2, 0) is 4.79 Å². The van der Waals surface area contributed by atoms with Gasteiger partial charge in [0.1, 0.15) is 5.82 Å². The first-order chi connectivity index (χ1) is 7.63. The van der Waals surface area contributed by atoms with Crippen LogP contribution in [0.15, 0.2) is 22.7 Å². The topological polar surface area (TPSA) is 41.1 Å². The van der Waals surface area contributed by atoms with Gasteiger partial charge in [-0.2, -0.15) is 0 Å². The molecule has 5 heteroatoms. The quantitative estimate of drug-likeness (QED) is 0.818. The van der Waals surface area contributed by atoms with Gasteiger partial charge < -0.3 is 10.6 Å². The van der Waals surface area contributed by atoms with Gasteiger partial charge in [0.05, 0.1) is 11.0 Å². The molecular weight excluding hydrogens is 275 g/mol. The number of hydrogen-bond donors (Lipinski definition) is 2. The molecule has 0 saturated carbocycles. The lowest BCUT2D eigenvalue weighted by Crippen LogP contribution is -2.28. The van der Waals surface area contributed by atoms with Crippen molar-refractivity contribution < 1.29 is 9.18 Å². The van der Waals surface area contributed by atoms with Crippen LogP contribution in [0.2, 0.25) is 0 Å². The molecule has 1 amide bonds. The van der Waals surface area contributed by atoms with E-state index in [1.807, 2.05) is 6.92 Å². The largest absolute Gasteiger partial charge is 0.325 e. The summed E-state index contributed by atoms with van der Waals surface area (Å²) in [6.07, 6.45) is 0.972. The number of carbonyl (C=O) groups excluding carboxylic acids is 1. The zero-order chi connectivity index (χ0) is 12.0. The third kappa shape index (κ3) is 4.28. The summed E-state index contributed by atoms with van der Waals surface area (Å²) in [5.74, 6) is -0.561. The van der Waals surface area contributed by atoms with Gasteiger partial charge in [0.15, 0.2) is 0 Å². The van der Waals surface area contributed by atoms with Crippen molar-refractivity contribution in [2.75, 3.05) is 18.4 Å². The summed E-state index contributed by atoms with van der Waals surface area (Å²) in [6.45, 7) is 3.06. The Labute approximate surface area is 103 Å². The average molecular weight is 289 g/mol. The second kappa shape index (κ2) is 6.60. The monoisotopic (exact) mass is 288 g/mol. The lowest BCUT2D eigenvalue weighted by Gasteiger charge is -2.06. The van der Waals surface area contributed by atoms with Crippen molar-refractivity contribution in [3.63, 3.8) is 0 Å². The third-order valence-electron chi connectivity index (χ3n) is 1.92. The molecule has 1 aromatic rings. The summed E-state index contributed by atoms with van der Waals surface area (Å²) < 4.78 is 13.5. The number of anilines is 1. The zero-order valence-electron chi connectivity index (χ0n) is 9.02. The molecule has 0 atom stereocenters. The van der Waals surface area contributed by atoms with E-state index in [2.05, 4.69) is 26.6 Å². The number of nitrogens with one attached hydrogen (secondary N) is 2. The SMILES string of the molecule is CCCNCC(=O)Nc1ccc(Br)c(F)c1. The summed E-state index contributed by atoms with van der Waals surface area (Å²) in [6, 6.07) is 4.48. The summed E-state index contributed by atoms with van der Waals surface area (Å²) in [5, 5.41) is 5.57. The van der Waals surface area contributed by atoms with Gasteiger partial charge in [0, 0.05) is 5.69 Å². The lowest BCUT2D eigenvalue weighted by atomic mass is 10.3. The molecule has 88 valence electrons. The first kappa shape index (κ1) is 13.1. The first-order valence-corrected chi connectivity index (χ1v) is 5.88. The minimum atomic E-state index is -0.390. The average Bonchev–Trinajstić information content (AvgIpc) is 2.24. The molecule has 16 heavy (non-hydrogen) atoms. The van der Waals surface area contributed by atoms with Crippen molar-refractivity contribution in [1.29, 1.82) is 0 Å². The van der Waals surface area contributed by atoms with Gasteiger partial charge in [0.25, 0.3) is 0 Å². The molecule has 0 fully saturated rings. The molecule has 0 aliphatic rings. The van der Waals surface area contributed by atoms with Gasteiger partial charge in [-0.1, -0.05) is 6.92 Å². The molecule has 0 radical (unpaired) electrons. The number of rotatable bonds is 5. The smallest absolute Gasteiger partial charge is 0.238 e. The molecule has 0 aliphatic heterocycles. The fourth-order valence-corrected chi connectivity index (χ4v) is 1.40. The Morgan fingerprint density at radius 1 is 1.50 bits per heavy atom. The van der Waals surface area contributed by atoms with Crippen molar-refractivity contribution in [3.05, 3.63) is 28.5 Å². The highest BCUT2D eigenvalue weighted by Crippen LogP contribution is 2.19. The number of hydrogen-bond acceptors (Lipinski definition) is 2. The predicted molar refractivity (Wildman–Crippen MR) is 65.9 cm³/mol. The van der Waals surface area contributed by atoms with E-state index in [0.29, 0.717) is 10.2 Å². The molecule has 0 aromatic heterocycles. The van der Waals surface area contributed by atoms with E-state index in [0.717, 1.165) is 13.0 Å². The van der Waals surface area contributed by atoms with Crippen molar-refractivity contribution in [3.8, 4) is 0 Å². The van der Waals surface area contributed by atoms with E-state index in [9.17, 15) is 9.18 Å². The van der Waals surface area contributed by atoms with E-state index in [1.165, 1.54) is 6.07 Å². The number of amides is 1. The van der Waals surface area contributed by atoms with Crippen LogP contribution in [-0.4, -0.2) is 19.0 Å². The molecule has 0 spiro atoms. The summed E-state index contributed by atoms with van der Waals surface area (Å²) in [4.78, 5) is 11.4. The number of carbonyl (C=O) groups is 1. The highest BCUT2D eigenvalue weighted by Gasteiger charge is 2.04. The molecule has 1 aromatic carbocycles. The fraction of sp³-hybridized carbons (Fsp3) is 0.364. The van der Waals surface area contributed by atoms with Gasteiger partial charge in [-0.25, -0.2) is 4.39 Å². The minimum Gasteiger partial charge on any atom is -0.325 e. The minimum absolute atomic E-state index is 0.171. The van der Waals surface area contributed by atoms with Crippen LogP contribution >= 0.6 is 15.9 Å². The van der Waals surface area contributed by atoms with Gasteiger partial charge in [-0.3, -0.25) is 4.79 Å². The molecule has 0 unspecified atom stereocenters. The van der Waals surface area contributed by atoms with Crippen LogP contribution < -0.4 is 10.6 Å². The van der Waals surface area contributed by atoms with Gasteiger partial charge >= 0.3 is 0 Å². The van der Waals surface area contributed by atoms with Crippen molar-refractivity contribution in [1.82, 2.24) is 5.32 Å². The molecule has 0 saturated heterocycles. The molecule has 0 aliphatic carbocycles. The Morgan fingerprint density at radius 3 is 2.88 bits per heavy atom. The van der Waals surface area contributed by atoms with Gasteiger partial charge in [-0.15, -0.1) is 0 Å². The normalized spacial score (nSPS) is 10.2. The van der Waals surface area contributed by atoms with E-state index >= 15 is 0 Å². The molecule has 2 N–H and O–H groups in total. The number of halogens is 2. The molecular formula is C11H14BrFN2O. The molecule has 3 nitrogen and oxygen atoms in total. The van der Waals surface area contributed by atoms with E-state index in [-0.39, 0.29) is 18.3 Å². The third-order valence-corrected chi connectivity index (χ3v) is 2.56. The van der Waals surface area contributed by atoms with Gasteiger partial charge in [0.2, 0.25) is 5.91 Å². The highest BCUT2D eigenvalue weighted by atomic mass is 79.9. The van der Waals surface area contributed by atoms with Crippen LogP contribution in [0, 0.1) is 5.82 Å². The van der Waals surface area contributed by atoms with E-state index in [4.69, 9.17) is 0 Å². The maximum Gasteiger partial charge on any atom is 0.238 e. The van der Waals surface area contributed by atoms with Crippen LogP contribution in [0.5, 0.6) is 0 Å². The standard InChI is InChI=1S/C11H14BrFN2O/c1-2-5-14-7-11(16)15-8-3-4-9(12)10(13)6-8/h3-4,6,14H,2,5,7H2,1H3,(H,15,16). The summed E-state index contributed by atoms with van der Waals surface area (Å²) >= 11 is 3.05. The second-order valence-electron chi connectivity index (χ2n) is 3.35. The summed E-state index contributed by atoms with van der Waals surface area (Å²) in [7, 11) is 0. The van der Waals surface area contributed by atoms with Crippen LogP contribution in [0.3, 0.4) is 0 Å². The van der Waals surface area contributed by atoms with E-state index in [1.54, 1.807) is 12.1 Å². The Morgan fingerprint density at radius 2 is 2.25 bits per heavy atom. The first-order valence-electron chi connectivity index (χ1n) is 5.09. The maximum absolute atomic E-state index is 13.1. The fourth-order valence-electron chi connectivity index (χ4n) is 1.16. The van der Waals surface area contributed by atoms with Crippen LogP contribution in [0.25, 0.3) is 0 Å². The second-order valence-corrected chi connectivity index (χ2v) is 4.21. The predicted octanol–water partition coefficient (Wildman–Crippen LogP) is 2.53. The summed E-state index contributed by atoms with van der Waals surface area (Å²) in [5.41, 5.74) is 0.462. The van der Waals surface area contributed by atoms with Gasteiger partial charge in [-0.05, 0) is 47.1 Å². The van der Waals surface area contributed by atoms with E-state index < -0.39 is 0 Å². The van der Waals surface area contributed by atoms with Crippen molar-refractivity contribution in [2.45, 2.75) is 13.3 Å². The van der Waals surface area contributed by atoms with Crippen molar-refractivity contribution in [2.24, 2.45) is 0 Å². The Bertz CT molecular complexity index is 371. The van der Waals surface area contributed by atoms with Crippen LogP contribution in [0.4, 0.5) is 10.1 Å². The molecule has 0 bridgehead atoms. The Kier molecular flexibility index (Phi) is 5.42.